The van der Waals surface area contributed by atoms with Crippen LogP contribution in [0.1, 0.15) is 46.5 Å². The molecule has 1 aliphatic rings. The van der Waals surface area contributed by atoms with Gasteiger partial charge in [0.25, 0.3) is 0 Å². The summed E-state index contributed by atoms with van der Waals surface area (Å²) < 4.78 is 39.0. The third-order valence-electron chi connectivity index (χ3n) is 3.35. The predicted molar refractivity (Wildman–Crippen MR) is 99.8 cm³/mol. The number of quaternary nitrogens is 1. The van der Waals surface area contributed by atoms with E-state index in [1.165, 1.54) is 33.1 Å². The van der Waals surface area contributed by atoms with Crippen molar-refractivity contribution < 1.29 is 36.5 Å². The number of carbonyl (C=O) groups is 1. The lowest BCUT2D eigenvalue weighted by atomic mass is 10.2. The number of rotatable bonds is 10. The average molecular weight is 409 g/mol. The fourth-order valence-corrected chi connectivity index (χ4v) is 2.65. The van der Waals surface area contributed by atoms with Crippen molar-refractivity contribution in [3.63, 3.8) is 0 Å². The first-order valence-corrected chi connectivity index (χ1v) is 10.3. The number of hydrogen-bond acceptors (Lipinski definition) is 7. The molecule has 1 heterocycles. The molecule has 9 nitrogen and oxygen atoms in total. The largest absolute Gasteiger partial charge is 0.858 e. The molecule has 0 radical (unpaired) electrons. The Balaban J connectivity index is 0.000000569. The van der Waals surface area contributed by atoms with Gasteiger partial charge >= 0.3 is 16.3 Å². The van der Waals surface area contributed by atoms with E-state index in [2.05, 4.69) is 29.6 Å². The highest BCUT2D eigenvalue weighted by molar-refractivity contribution is 7.85. The molecule has 0 unspecified atom stereocenters. The average Bonchev–Trinajstić information content (AvgIpc) is 2.48. The van der Waals surface area contributed by atoms with Gasteiger partial charge in [0, 0.05) is 12.8 Å². The van der Waals surface area contributed by atoms with Crippen molar-refractivity contribution in [2.24, 2.45) is 4.40 Å². The summed E-state index contributed by atoms with van der Waals surface area (Å²) in [5.41, 5.74) is 0. The quantitative estimate of drug-likeness (QED) is 0.230. The molecule has 0 bridgehead atoms. The monoisotopic (exact) mass is 408 g/mol. The van der Waals surface area contributed by atoms with Crippen molar-refractivity contribution in [2.75, 3.05) is 40.6 Å². The number of carbonyl (C=O) groups excluding carboxylic acids is 1. The minimum absolute atomic E-state index is 0.0417. The van der Waals surface area contributed by atoms with E-state index in [0.717, 1.165) is 30.1 Å². The Bertz CT molecular complexity index is 613. The van der Waals surface area contributed by atoms with Crippen LogP contribution in [0.5, 0.6) is 0 Å². The van der Waals surface area contributed by atoms with Gasteiger partial charge in [-0.1, -0.05) is 26.2 Å². The molecule has 0 fully saturated rings. The molecule has 27 heavy (non-hydrogen) atoms. The third kappa shape index (κ3) is 15.1. The molecule has 0 saturated carbocycles. The van der Waals surface area contributed by atoms with Gasteiger partial charge < -0.3 is 23.2 Å². The van der Waals surface area contributed by atoms with Gasteiger partial charge in [-0.25, -0.2) is 0 Å². The molecule has 0 amide bonds. The van der Waals surface area contributed by atoms with E-state index in [1.54, 1.807) is 0 Å². The summed E-state index contributed by atoms with van der Waals surface area (Å²) in [6.07, 6.45) is 5.92. The van der Waals surface area contributed by atoms with Crippen LogP contribution in [0.3, 0.4) is 0 Å². The maximum atomic E-state index is 10.6. The molecule has 0 atom stereocenters. The lowest BCUT2D eigenvalue weighted by molar-refractivity contribution is -0.909. The second kappa shape index (κ2) is 12.7. The van der Waals surface area contributed by atoms with E-state index in [-0.39, 0.29) is 11.7 Å². The smallest absolute Gasteiger partial charge is 0.427 e. The van der Waals surface area contributed by atoms with Crippen LogP contribution in [0.25, 0.3) is 0 Å². The number of hydrogen-bond donors (Lipinski definition) is 0. The summed E-state index contributed by atoms with van der Waals surface area (Å²) in [7, 11) is 0.184. The number of ether oxygens (including phenoxy) is 2. The van der Waals surface area contributed by atoms with Gasteiger partial charge in [-0.15, -0.1) is 4.40 Å². The zero-order valence-corrected chi connectivity index (χ0v) is 17.7. The maximum absolute atomic E-state index is 10.6. The van der Waals surface area contributed by atoms with E-state index in [0.29, 0.717) is 13.3 Å². The molecule has 1 aliphatic heterocycles. The SMILES string of the molecule is CC1=CC([O-])=NS(=O)(=O)O1.CCCCCCOC[N+](C)(C)CCOC(C)=O. The van der Waals surface area contributed by atoms with Crippen LogP contribution < -0.4 is 5.11 Å². The van der Waals surface area contributed by atoms with E-state index in [1.807, 2.05) is 0 Å². The summed E-state index contributed by atoms with van der Waals surface area (Å²) in [6.45, 7) is 7.75. The van der Waals surface area contributed by atoms with Crippen LogP contribution in [0.2, 0.25) is 0 Å². The number of allylic oxidation sites excluding steroid dienone is 1. The Morgan fingerprint density at radius 1 is 1.26 bits per heavy atom. The fourth-order valence-electron chi connectivity index (χ4n) is 1.96. The first-order chi connectivity index (χ1) is 12.5. The Morgan fingerprint density at radius 2 is 1.93 bits per heavy atom. The minimum Gasteiger partial charge on any atom is -0.858 e. The Hall–Kier alpha value is -1.65. The Kier molecular flexibility index (Phi) is 11.9. The van der Waals surface area contributed by atoms with Crippen molar-refractivity contribution in [1.82, 2.24) is 0 Å². The summed E-state index contributed by atoms with van der Waals surface area (Å²) in [5, 5.41) is 10.4. The molecule has 0 aromatic rings. The molecule has 10 heteroatoms. The lowest BCUT2D eigenvalue weighted by Crippen LogP contribution is -2.44. The highest BCUT2D eigenvalue weighted by atomic mass is 32.2. The number of nitrogens with zero attached hydrogens (tertiary/aromatic N) is 2. The van der Waals surface area contributed by atoms with Crippen molar-refractivity contribution in [1.29, 1.82) is 0 Å². The van der Waals surface area contributed by atoms with Gasteiger partial charge in [0.05, 0.1) is 20.7 Å². The first-order valence-electron chi connectivity index (χ1n) is 8.90. The third-order valence-corrected chi connectivity index (χ3v) is 4.23. The van der Waals surface area contributed by atoms with Gasteiger partial charge in [0.2, 0.25) is 0 Å². The highest BCUT2D eigenvalue weighted by Crippen LogP contribution is 2.09. The summed E-state index contributed by atoms with van der Waals surface area (Å²) in [4.78, 5) is 10.6. The molecule has 0 aliphatic carbocycles. The van der Waals surface area contributed by atoms with Crippen LogP contribution in [-0.4, -0.2) is 65.4 Å². The van der Waals surface area contributed by atoms with Crippen LogP contribution >= 0.6 is 0 Å². The lowest BCUT2D eigenvalue weighted by Gasteiger charge is -2.28. The van der Waals surface area contributed by atoms with Gasteiger partial charge in [0.15, 0.2) is 6.73 Å². The zero-order chi connectivity index (χ0) is 20.9. The maximum Gasteiger partial charge on any atom is 0.427 e. The van der Waals surface area contributed by atoms with Crippen LogP contribution in [0.15, 0.2) is 16.2 Å². The van der Waals surface area contributed by atoms with Crippen LogP contribution in [-0.2, 0) is 28.8 Å². The van der Waals surface area contributed by atoms with Gasteiger partial charge in [0.1, 0.15) is 18.9 Å². The van der Waals surface area contributed by atoms with Crippen LogP contribution in [0, 0.1) is 0 Å². The molecule has 0 aromatic carbocycles. The minimum atomic E-state index is -3.97. The Morgan fingerprint density at radius 3 is 2.44 bits per heavy atom. The predicted octanol–water partition coefficient (Wildman–Crippen LogP) is 1.10. The van der Waals surface area contributed by atoms with Crippen molar-refractivity contribution in [2.45, 2.75) is 46.5 Å². The normalized spacial score (nSPS) is 15.6. The fraction of sp³-hybridized carbons (Fsp3) is 0.765. The van der Waals surface area contributed by atoms with Crippen molar-refractivity contribution in [3.8, 4) is 0 Å². The van der Waals surface area contributed by atoms with Crippen LogP contribution in [0.4, 0.5) is 0 Å². The summed E-state index contributed by atoms with van der Waals surface area (Å²) in [5.74, 6) is -0.978. The number of esters is 1. The van der Waals surface area contributed by atoms with E-state index in [4.69, 9.17) is 9.47 Å². The first kappa shape index (κ1) is 25.4. The highest BCUT2D eigenvalue weighted by Gasteiger charge is 2.15. The molecular formula is C17H32N2O7S. The van der Waals surface area contributed by atoms with Gasteiger partial charge in [-0.2, -0.15) is 8.42 Å². The second-order valence-electron chi connectivity index (χ2n) is 6.79. The van der Waals surface area contributed by atoms with Crippen molar-refractivity contribution in [3.05, 3.63) is 11.8 Å². The molecule has 0 N–H and O–H groups in total. The van der Waals surface area contributed by atoms with E-state index in [9.17, 15) is 18.3 Å². The summed E-state index contributed by atoms with van der Waals surface area (Å²) in [6, 6.07) is 0. The second-order valence-corrected chi connectivity index (χ2v) is 8.00. The number of likely N-dealkylation sites (N-methyl/N-ethyl adjacent to an activating group) is 1. The van der Waals surface area contributed by atoms with E-state index >= 15 is 0 Å². The zero-order valence-electron chi connectivity index (χ0n) is 16.9. The number of unbranched alkanes of at least 4 members (excludes halogenated alkanes) is 3. The Labute approximate surface area is 162 Å². The van der Waals surface area contributed by atoms with Gasteiger partial charge in [-0.05, 0) is 19.4 Å². The standard InChI is InChI=1S/C13H28NO3.C4H5NO4S/c1-5-6-7-8-10-16-12-14(3,4)9-11-17-13(2)15;1-3-2-4(6)5-10(7,8)9-3/h5-12H2,1-4H3;2H,1H3,(H,5,6)/q+1;/p-1. The van der Waals surface area contributed by atoms with Gasteiger partial charge in [-0.3, -0.25) is 4.79 Å². The van der Waals surface area contributed by atoms with E-state index < -0.39 is 16.2 Å². The molecule has 0 aromatic heterocycles. The molecule has 158 valence electrons. The summed E-state index contributed by atoms with van der Waals surface area (Å²) >= 11 is 0. The topological polar surface area (TPSA) is 114 Å². The molecule has 1 rings (SSSR count). The molecule has 0 spiro atoms. The molecule has 0 saturated heterocycles. The van der Waals surface area contributed by atoms with Crippen molar-refractivity contribution >= 4 is 22.2 Å². The molecular weight excluding hydrogens is 376 g/mol.